The molecule has 0 bridgehead atoms. The zero-order valence-corrected chi connectivity index (χ0v) is 11.8. The molecule has 1 aliphatic heterocycles. The predicted octanol–water partition coefficient (Wildman–Crippen LogP) is 2.71. The van der Waals surface area contributed by atoms with Crippen molar-refractivity contribution in [2.75, 3.05) is 37.2 Å². The van der Waals surface area contributed by atoms with Crippen LogP contribution in [0, 0.1) is 0 Å². The van der Waals surface area contributed by atoms with Crippen molar-refractivity contribution in [3.63, 3.8) is 0 Å². The maximum atomic E-state index is 5.99. The van der Waals surface area contributed by atoms with Crippen molar-refractivity contribution in [3.05, 3.63) is 30.5 Å². The molecule has 4 nitrogen and oxygen atoms in total. The van der Waals surface area contributed by atoms with Crippen LogP contribution in [0.4, 0.5) is 11.4 Å². The summed E-state index contributed by atoms with van der Waals surface area (Å²) in [4.78, 5) is 6.98. The van der Waals surface area contributed by atoms with E-state index in [0.717, 1.165) is 35.4 Å². The molecule has 1 aliphatic rings. The van der Waals surface area contributed by atoms with E-state index in [1.807, 2.05) is 30.5 Å². The van der Waals surface area contributed by atoms with Gasteiger partial charge >= 0.3 is 0 Å². The van der Waals surface area contributed by atoms with Gasteiger partial charge in [0.1, 0.15) is 0 Å². The molecule has 0 spiro atoms. The van der Waals surface area contributed by atoms with E-state index < -0.39 is 0 Å². The van der Waals surface area contributed by atoms with Crippen LogP contribution in [0.3, 0.4) is 0 Å². The van der Waals surface area contributed by atoms with Crippen LogP contribution in [-0.2, 0) is 0 Å². The third kappa shape index (κ3) is 2.85. The van der Waals surface area contributed by atoms with Crippen molar-refractivity contribution < 1.29 is 0 Å². The lowest BCUT2D eigenvalue weighted by molar-refractivity contribution is 0.237. The van der Waals surface area contributed by atoms with Gasteiger partial charge in [-0.25, -0.2) is 0 Å². The second-order valence-corrected chi connectivity index (χ2v) is 5.43. The number of hydrogen-bond donors (Lipinski definition) is 2. The number of nitrogens with zero attached hydrogens (tertiary/aromatic N) is 2. The minimum atomic E-state index is 0.787. The number of benzene rings is 1. The Balaban J connectivity index is 1.67. The number of aromatic nitrogens is 1. The third-order valence-electron chi connectivity index (χ3n) is 4.00. The number of likely N-dealkylation sites (tertiary alicyclic amines) is 1. The lowest BCUT2D eigenvalue weighted by atomic mass is 10.1. The van der Waals surface area contributed by atoms with Gasteiger partial charge in [-0.1, -0.05) is 6.42 Å². The number of hydrogen-bond acceptors (Lipinski definition) is 4. The molecule has 20 heavy (non-hydrogen) atoms. The SMILES string of the molecule is Nc1ccc(NCCN2CCCCC2)c2ncccc12. The highest BCUT2D eigenvalue weighted by molar-refractivity contribution is 5.98. The molecular formula is C16H22N4. The second-order valence-electron chi connectivity index (χ2n) is 5.43. The number of fused-ring (bicyclic) bond motifs is 1. The van der Waals surface area contributed by atoms with E-state index in [9.17, 15) is 0 Å². The molecule has 0 saturated carbocycles. The Hall–Kier alpha value is -1.81. The van der Waals surface area contributed by atoms with Gasteiger partial charge in [0.05, 0.1) is 11.2 Å². The number of piperidine rings is 1. The summed E-state index contributed by atoms with van der Waals surface area (Å²) in [6, 6.07) is 7.93. The van der Waals surface area contributed by atoms with Gasteiger partial charge in [-0.3, -0.25) is 4.98 Å². The maximum absolute atomic E-state index is 5.99. The Bertz CT molecular complexity index is 576. The van der Waals surface area contributed by atoms with Crippen LogP contribution in [0.15, 0.2) is 30.5 Å². The predicted molar refractivity (Wildman–Crippen MR) is 84.9 cm³/mol. The van der Waals surface area contributed by atoms with Crippen molar-refractivity contribution >= 4 is 22.3 Å². The van der Waals surface area contributed by atoms with Crippen molar-refractivity contribution in [3.8, 4) is 0 Å². The zero-order valence-electron chi connectivity index (χ0n) is 11.8. The molecule has 106 valence electrons. The zero-order chi connectivity index (χ0) is 13.8. The Morgan fingerprint density at radius 1 is 1.15 bits per heavy atom. The van der Waals surface area contributed by atoms with Gasteiger partial charge in [0.2, 0.25) is 0 Å². The molecule has 0 radical (unpaired) electrons. The molecule has 2 heterocycles. The van der Waals surface area contributed by atoms with Crippen LogP contribution in [-0.4, -0.2) is 36.1 Å². The van der Waals surface area contributed by atoms with Crippen molar-refractivity contribution in [2.45, 2.75) is 19.3 Å². The summed E-state index contributed by atoms with van der Waals surface area (Å²) in [5.74, 6) is 0. The van der Waals surface area contributed by atoms with Gasteiger partial charge in [0.15, 0.2) is 0 Å². The van der Waals surface area contributed by atoms with Gasteiger partial charge in [0, 0.05) is 30.4 Å². The highest BCUT2D eigenvalue weighted by atomic mass is 15.1. The first-order chi connectivity index (χ1) is 9.84. The molecule has 2 aromatic rings. The van der Waals surface area contributed by atoms with Crippen LogP contribution in [0.1, 0.15) is 19.3 Å². The molecule has 0 unspecified atom stereocenters. The Kier molecular flexibility index (Phi) is 4.02. The smallest absolute Gasteiger partial charge is 0.0953 e. The quantitative estimate of drug-likeness (QED) is 0.839. The Morgan fingerprint density at radius 2 is 2.00 bits per heavy atom. The molecular weight excluding hydrogens is 248 g/mol. The van der Waals surface area contributed by atoms with Crippen LogP contribution in [0.2, 0.25) is 0 Å². The molecule has 1 saturated heterocycles. The Morgan fingerprint density at radius 3 is 2.85 bits per heavy atom. The summed E-state index contributed by atoms with van der Waals surface area (Å²) in [5.41, 5.74) is 8.82. The molecule has 3 N–H and O–H groups in total. The first-order valence-electron chi connectivity index (χ1n) is 7.44. The standard InChI is InChI=1S/C16H22N4/c17-14-6-7-15(16-13(14)5-4-8-19-16)18-9-12-20-10-2-1-3-11-20/h4-8,18H,1-3,9-12,17H2. The second kappa shape index (κ2) is 6.09. The van der Waals surface area contributed by atoms with Crippen molar-refractivity contribution in [1.82, 2.24) is 9.88 Å². The minimum absolute atomic E-state index is 0.787. The molecule has 0 amide bonds. The molecule has 0 atom stereocenters. The van der Waals surface area contributed by atoms with Crippen LogP contribution < -0.4 is 11.1 Å². The van der Waals surface area contributed by atoms with Crippen molar-refractivity contribution in [2.24, 2.45) is 0 Å². The lowest BCUT2D eigenvalue weighted by Gasteiger charge is -2.26. The van der Waals surface area contributed by atoms with E-state index in [0.29, 0.717) is 0 Å². The summed E-state index contributed by atoms with van der Waals surface area (Å²) in [6.45, 7) is 4.53. The summed E-state index contributed by atoms with van der Waals surface area (Å²) in [7, 11) is 0. The topological polar surface area (TPSA) is 54.2 Å². The van der Waals surface area contributed by atoms with Gasteiger partial charge in [0.25, 0.3) is 0 Å². The lowest BCUT2D eigenvalue weighted by Crippen LogP contribution is -2.33. The van der Waals surface area contributed by atoms with Crippen LogP contribution in [0.5, 0.6) is 0 Å². The van der Waals surface area contributed by atoms with Crippen molar-refractivity contribution in [1.29, 1.82) is 0 Å². The fraction of sp³-hybridized carbons (Fsp3) is 0.438. The van der Waals surface area contributed by atoms with Gasteiger partial charge in [-0.05, 0) is 50.2 Å². The average Bonchev–Trinajstić information content (AvgIpc) is 2.51. The highest BCUT2D eigenvalue weighted by Gasteiger charge is 2.10. The maximum Gasteiger partial charge on any atom is 0.0953 e. The van der Waals surface area contributed by atoms with E-state index in [4.69, 9.17) is 5.73 Å². The number of nitrogen functional groups attached to an aromatic ring is 1. The summed E-state index contributed by atoms with van der Waals surface area (Å²) >= 11 is 0. The van der Waals surface area contributed by atoms with E-state index in [1.165, 1.54) is 32.4 Å². The van der Waals surface area contributed by atoms with Gasteiger partial charge < -0.3 is 16.0 Å². The first-order valence-corrected chi connectivity index (χ1v) is 7.44. The van der Waals surface area contributed by atoms with Crippen LogP contribution in [0.25, 0.3) is 10.9 Å². The normalized spacial score (nSPS) is 16.4. The molecule has 0 aliphatic carbocycles. The fourth-order valence-corrected chi connectivity index (χ4v) is 2.87. The largest absolute Gasteiger partial charge is 0.398 e. The summed E-state index contributed by atoms with van der Waals surface area (Å²) < 4.78 is 0. The number of rotatable bonds is 4. The number of nitrogens with one attached hydrogen (secondary N) is 1. The number of pyridine rings is 1. The van der Waals surface area contributed by atoms with Gasteiger partial charge in [-0.15, -0.1) is 0 Å². The number of nitrogens with two attached hydrogens (primary N) is 1. The summed E-state index contributed by atoms with van der Waals surface area (Å²) in [6.07, 6.45) is 5.88. The number of anilines is 2. The summed E-state index contributed by atoms with van der Waals surface area (Å²) in [5, 5.41) is 4.53. The monoisotopic (exact) mass is 270 g/mol. The van der Waals surface area contributed by atoms with Gasteiger partial charge in [-0.2, -0.15) is 0 Å². The average molecular weight is 270 g/mol. The fourth-order valence-electron chi connectivity index (χ4n) is 2.87. The minimum Gasteiger partial charge on any atom is -0.398 e. The molecule has 1 aromatic heterocycles. The van der Waals surface area contributed by atoms with E-state index in [-0.39, 0.29) is 0 Å². The van der Waals surface area contributed by atoms with E-state index in [2.05, 4.69) is 15.2 Å². The van der Waals surface area contributed by atoms with E-state index >= 15 is 0 Å². The van der Waals surface area contributed by atoms with E-state index in [1.54, 1.807) is 0 Å². The molecule has 1 aromatic carbocycles. The molecule has 1 fully saturated rings. The van der Waals surface area contributed by atoms with Crippen LogP contribution >= 0.6 is 0 Å². The molecule has 4 heteroatoms. The first kappa shape index (κ1) is 13.2. The third-order valence-corrected chi connectivity index (χ3v) is 4.00. The Labute approximate surface area is 120 Å². The molecule has 3 rings (SSSR count). The highest BCUT2D eigenvalue weighted by Crippen LogP contribution is 2.26.